The zero-order valence-corrected chi connectivity index (χ0v) is 16.1. The van der Waals surface area contributed by atoms with Crippen LogP contribution in [0.1, 0.15) is 77.6 Å². The van der Waals surface area contributed by atoms with Gasteiger partial charge in [0.2, 0.25) is 5.91 Å². The Balaban J connectivity index is 3.39. The number of allylic oxidation sites excluding steroid dienone is 1. The molecule has 0 spiro atoms. The van der Waals surface area contributed by atoms with Crippen LogP contribution in [0.4, 0.5) is 0 Å². The first-order chi connectivity index (χ1) is 11.7. The van der Waals surface area contributed by atoms with E-state index in [1.54, 1.807) is 6.08 Å². The summed E-state index contributed by atoms with van der Waals surface area (Å²) in [6.07, 6.45) is 16.7. The maximum Gasteiger partial charge on any atom is 0.243 e. The molecule has 0 heterocycles. The van der Waals surface area contributed by atoms with Crippen molar-refractivity contribution in [3.05, 3.63) is 12.2 Å². The molecule has 1 amide bonds. The first kappa shape index (κ1) is 23.1. The molecule has 0 aliphatic heterocycles. The second kappa shape index (κ2) is 18.5. The molecule has 0 saturated carbocycles. The second-order valence-electron chi connectivity index (χ2n) is 6.69. The van der Waals surface area contributed by atoms with Crippen molar-refractivity contribution in [2.75, 3.05) is 33.3 Å². The van der Waals surface area contributed by atoms with Gasteiger partial charge in [0, 0.05) is 19.7 Å². The van der Waals surface area contributed by atoms with Crippen molar-refractivity contribution in [1.29, 1.82) is 0 Å². The monoisotopic (exact) mass is 340 g/mol. The third kappa shape index (κ3) is 17.5. The molecule has 4 nitrogen and oxygen atoms in total. The first-order valence-corrected chi connectivity index (χ1v) is 9.94. The van der Waals surface area contributed by atoms with E-state index in [2.05, 4.69) is 24.2 Å². The number of rotatable bonds is 17. The van der Waals surface area contributed by atoms with Crippen LogP contribution in [0.5, 0.6) is 0 Å². The first-order valence-electron chi connectivity index (χ1n) is 9.94. The summed E-state index contributed by atoms with van der Waals surface area (Å²) >= 11 is 0. The fourth-order valence-electron chi connectivity index (χ4n) is 2.62. The van der Waals surface area contributed by atoms with Gasteiger partial charge in [-0.25, -0.2) is 0 Å². The van der Waals surface area contributed by atoms with E-state index in [-0.39, 0.29) is 5.91 Å². The van der Waals surface area contributed by atoms with Crippen molar-refractivity contribution in [2.45, 2.75) is 77.6 Å². The van der Waals surface area contributed by atoms with E-state index in [1.165, 1.54) is 51.4 Å². The largest absolute Gasteiger partial charge is 0.396 e. The minimum atomic E-state index is 0.0303. The van der Waals surface area contributed by atoms with E-state index in [0.29, 0.717) is 6.61 Å². The molecular weight excluding hydrogens is 300 g/mol. The highest BCUT2D eigenvalue weighted by atomic mass is 16.2. The summed E-state index contributed by atoms with van der Waals surface area (Å²) in [6.45, 7) is 5.24. The van der Waals surface area contributed by atoms with E-state index in [4.69, 9.17) is 5.11 Å². The van der Waals surface area contributed by atoms with E-state index >= 15 is 0 Å². The lowest BCUT2D eigenvalue weighted by molar-refractivity contribution is -0.116. The second-order valence-corrected chi connectivity index (χ2v) is 6.69. The molecule has 142 valence electrons. The zero-order chi connectivity index (χ0) is 17.9. The Labute approximate surface area is 149 Å². The van der Waals surface area contributed by atoms with Crippen LogP contribution >= 0.6 is 0 Å². The fourth-order valence-corrected chi connectivity index (χ4v) is 2.62. The zero-order valence-electron chi connectivity index (χ0n) is 16.1. The van der Waals surface area contributed by atoms with Gasteiger partial charge in [0.15, 0.2) is 0 Å². The number of carbonyl (C=O) groups is 1. The number of unbranched alkanes of at least 4 members (excludes halogenated alkanes) is 9. The molecule has 0 aromatic carbocycles. The summed E-state index contributed by atoms with van der Waals surface area (Å²) in [7, 11) is 2.12. The number of hydrogen-bond donors (Lipinski definition) is 2. The molecular formula is C20H40N2O2. The van der Waals surface area contributed by atoms with E-state index in [9.17, 15) is 4.79 Å². The smallest absolute Gasteiger partial charge is 0.243 e. The molecule has 0 fully saturated rings. The Bertz CT molecular complexity index is 306. The number of amides is 1. The minimum absolute atomic E-state index is 0.0303. The molecule has 0 aliphatic rings. The van der Waals surface area contributed by atoms with Crippen molar-refractivity contribution < 1.29 is 9.90 Å². The molecule has 0 saturated heterocycles. The predicted octanol–water partition coefficient (Wildman–Crippen LogP) is 3.89. The SMILES string of the molecule is CCCCC/C=C/C(=O)NCCN(C)CCCCCCCCCO. The minimum Gasteiger partial charge on any atom is -0.396 e. The number of nitrogens with zero attached hydrogens (tertiary/aromatic N) is 1. The molecule has 4 heteroatoms. The Morgan fingerprint density at radius 2 is 1.62 bits per heavy atom. The Hall–Kier alpha value is -0.870. The van der Waals surface area contributed by atoms with Gasteiger partial charge in [0.25, 0.3) is 0 Å². The fraction of sp³-hybridized carbons (Fsp3) is 0.850. The molecule has 0 bridgehead atoms. The summed E-state index contributed by atoms with van der Waals surface area (Å²) in [5.41, 5.74) is 0. The van der Waals surface area contributed by atoms with Crippen molar-refractivity contribution in [3.8, 4) is 0 Å². The van der Waals surface area contributed by atoms with Gasteiger partial charge < -0.3 is 15.3 Å². The van der Waals surface area contributed by atoms with Crippen molar-refractivity contribution in [2.24, 2.45) is 0 Å². The van der Waals surface area contributed by atoms with Crippen LogP contribution in [0.3, 0.4) is 0 Å². The molecule has 0 radical (unpaired) electrons. The van der Waals surface area contributed by atoms with Crippen LogP contribution in [0.2, 0.25) is 0 Å². The highest BCUT2D eigenvalue weighted by Gasteiger charge is 2.00. The number of likely N-dealkylation sites (N-methyl/N-ethyl adjacent to an activating group) is 1. The van der Waals surface area contributed by atoms with Gasteiger partial charge in [-0.15, -0.1) is 0 Å². The number of aliphatic hydroxyl groups excluding tert-OH is 1. The maximum atomic E-state index is 11.6. The third-order valence-corrected chi connectivity index (χ3v) is 4.23. The molecule has 0 aromatic rings. The lowest BCUT2D eigenvalue weighted by Crippen LogP contribution is -2.32. The van der Waals surface area contributed by atoms with Crippen molar-refractivity contribution in [3.63, 3.8) is 0 Å². The van der Waals surface area contributed by atoms with Gasteiger partial charge in [-0.3, -0.25) is 4.79 Å². The lowest BCUT2D eigenvalue weighted by atomic mass is 10.1. The van der Waals surface area contributed by atoms with E-state index in [1.807, 2.05) is 6.08 Å². The molecule has 0 aromatic heterocycles. The number of hydrogen-bond acceptors (Lipinski definition) is 3. The molecule has 0 aliphatic carbocycles. The van der Waals surface area contributed by atoms with Crippen molar-refractivity contribution >= 4 is 5.91 Å². The molecule has 0 atom stereocenters. The van der Waals surface area contributed by atoms with Crippen LogP contribution < -0.4 is 5.32 Å². The standard InChI is InChI=1S/C20H40N2O2/c1-3-4-5-9-12-15-20(24)21-16-18-22(2)17-13-10-7-6-8-11-14-19-23/h12,15,23H,3-11,13-14,16-19H2,1-2H3,(H,21,24)/b15-12+. The molecule has 0 rings (SSSR count). The highest BCUT2D eigenvalue weighted by Crippen LogP contribution is 2.07. The molecule has 24 heavy (non-hydrogen) atoms. The Morgan fingerprint density at radius 3 is 2.29 bits per heavy atom. The summed E-state index contributed by atoms with van der Waals surface area (Å²) in [6, 6.07) is 0. The van der Waals surface area contributed by atoms with Gasteiger partial charge in [0.05, 0.1) is 0 Å². The third-order valence-electron chi connectivity index (χ3n) is 4.23. The van der Waals surface area contributed by atoms with Gasteiger partial charge >= 0.3 is 0 Å². The van der Waals surface area contributed by atoms with Gasteiger partial charge in [-0.05, 0) is 45.4 Å². The van der Waals surface area contributed by atoms with Gasteiger partial charge in [-0.1, -0.05) is 57.9 Å². The molecule has 2 N–H and O–H groups in total. The van der Waals surface area contributed by atoms with Crippen LogP contribution in [-0.4, -0.2) is 49.2 Å². The average Bonchev–Trinajstić information content (AvgIpc) is 2.57. The summed E-state index contributed by atoms with van der Waals surface area (Å²) in [5, 5.41) is 11.7. The van der Waals surface area contributed by atoms with Crippen LogP contribution in [0.15, 0.2) is 12.2 Å². The number of nitrogens with one attached hydrogen (secondary N) is 1. The topological polar surface area (TPSA) is 52.6 Å². The van der Waals surface area contributed by atoms with Crippen molar-refractivity contribution in [1.82, 2.24) is 10.2 Å². The summed E-state index contributed by atoms with van der Waals surface area (Å²) < 4.78 is 0. The van der Waals surface area contributed by atoms with Crippen LogP contribution in [0.25, 0.3) is 0 Å². The van der Waals surface area contributed by atoms with E-state index in [0.717, 1.165) is 38.9 Å². The average molecular weight is 341 g/mol. The summed E-state index contributed by atoms with van der Waals surface area (Å²) in [4.78, 5) is 13.9. The van der Waals surface area contributed by atoms with E-state index < -0.39 is 0 Å². The van der Waals surface area contributed by atoms with Crippen LogP contribution in [-0.2, 0) is 4.79 Å². The van der Waals surface area contributed by atoms with Gasteiger partial charge in [-0.2, -0.15) is 0 Å². The number of carbonyl (C=O) groups excluding carboxylic acids is 1. The highest BCUT2D eigenvalue weighted by molar-refractivity contribution is 5.87. The number of aliphatic hydroxyl groups is 1. The lowest BCUT2D eigenvalue weighted by Gasteiger charge is -2.16. The summed E-state index contributed by atoms with van der Waals surface area (Å²) in [5.74, 6) is 0.0303. The Kier molecular flexibility index (Phi) is 17.8. The Morgan fingerprint density at radius 1 is 0.958 bits per heavy atom. The van der Waals surface area contributed by atoms with Gasteiger partial charge in [0.1, 0.15) is 0 Å². The molecule has 0 unspecified atom stereocenters. The normalized spacial score (nSPS) is 11.5. The van der Waals surface area contributed by atoms with Crippen LogP contribution in [0, 0.1) is 0 Å². The maximum absolute atomic E-state index is 11.6. The predicted molar refractivity (Wildman–Crippen MR) is 103 cm³/mol. The quantitative estimate of drug-likeness (QED) is 0.312.